The summed E-state index contributed by atoms with van der Waals surface area (Å²) in [5.74, 6) is 0.656. The van der Waals surface area contributed by atoms with E-state index >= 15 is 0 Å². The van der Waals surface area contributed by atoms with E-state index in [9.17, 15) is 4.79 Å². The van der Waals surface area contributed by atoms with E-state index < -0.39 is 0 Å². The second-order valence-corrected chi connectivity index (χ2v) is 4.60. The maximum atomic E-state index is 11.9. The summed E-state index contributed by atoms with van der Waals surface area (Å²) in [4.78, 5) is 16.1. The Morgan fingerprint density at radius 1 is 1.50 bits per heavy atom. The molecular weight excluding hydrogens is 258 g/mol. The Hall–Kier alpha value is -2.15. The molecule has 1 atom stereocenters. The van der Waals surface area contributed by atoms with Gasteiger partial charge in [0.15, 0.2) is 5.65 Å². The number of nitrogens with zero attached hydrogens (tertiary/aromatic N) is 3. The molecule has 0 aliphatic rings. The van der Waals surface area contributed by atoms with Crippen LogP contribution in [-0.4, -0.2) is 46.8 Å². The highest BCUT2D eigenvalue weighted by Gasteiger charge is 2.14. The van der Waals surface area contributed by atoms with Gasteiger partial charge in [-0.1, -0.05) is 0 Å². The first kappa shape index (κ1) is 14.3. The lowest BCUT2D eigenvalue weighted by Gasteiger charge is -2.16. The molecule has 2 heterocycles. The number of carbonyl (C=O) groups is 1. The molecule has 20 heavy (non-hydrogen) atoms. The number of amides is 1. The maximum absolute atomic E-state index is 11.9. The second kappa shape index (κ2) is 6.33. The largest absolute Gasteiger partial charge is 0.383 e. The van der Waals surface area contributed by atoms with Crippen molar-refractivity contribution in [2.75, 3.05) is 25.6 Å². The van der Waals surface area contributed by atoms with Crippen LogP contribution in [0, 0.1) is 6.92 Å². The molecule has 0 fully saturated rings. The molecule has 0 bridgehead atoms. The van der Waals surface area contributed by atoms with Crippen molar-refractivity contribution in [3.63, 3.8) is 0 Å². The summed E-state index contributed by atoms with van der Waals surface area (Å²) >= 11 is 0. The van der Waals surface area contributed by atoms with Gasteiger partial charge in [-0.15, -0.1) is 0 Å². The van der Waals surface area contributed by atoms with Crippen molar-refractivity contribution in [3.8, 4) is 0 Å². The molecule has 0 saturated heterocycles. The van der Waals surface area contributed by atoms with Gasteiger partial charge in [0.25, 0.3) is 0 Å². The number of fused-ring (bicyclic) bond motifs is 1. The third kappa shape index (κ3) is 3.24. The number of hydrogen-bond donors (Lipinski definition) is 2. The standard InChI is InChI=1S/C13H19N5O2/c1-9-6-11-15-8-16-18(11)12(7-9)17-10(2)13(19)14-4-5-20-3/h6-8,10,17H,4-5H2,1-3H3,(H,14,19). The van der Waals surface area contributed by atoms with Crippen LogP contribution < -0.4 is 10.6 Å². The van der Waals surface area contributed by atoms with Crippen LogP contribution in [0.1, 0.15) is 12.5 Å². The van der Waals surface area contributed by atoms with Gasteiger partial charge < -0.3 is 15.4 Å². The number of rotatable bonds is 6. The van der Waals surface area contributed by atoms with Crippen LogP contribution in [-0.2, 0) is 9.53 Å². The minimum absolute atomic E-state index is 0.0863. The molecule has 0 aliphatic heterocycles. The van der Waals surface area contributed by atoms with Gasteiger partial charge in [0.2, 0.25) is 5.91 Å². The van der Waals surface area contributed by atoms with Crippen LogP contribution in [0.25, 0.3) is 5.65 Å². The van der Waals surface area contributed by atoms with Gasteiger partial charge in [0.05, 0.1) is 6.61 Å². The van der Waals surface area contributed by atoms with E-state index in [2.05, 4.69) is 20.7 Å². The van der Waals surface area contributed by atoms with Crippen LogP contribution in [0.5, 0.6) is 0 Å². The fourth-order valence-corrected chi connectivity index (χ4v) is 1.88. The molecule has 0 aliphatic carbocycles. The third-order valence-corrected chi connectivity index (χ3v) is 2.89. The average Bonchev–Trinajstić information content (AvgIpc) is 2.86. The van der Waals surface area contributed by atoms with Crippen molar-refractivity contribution in [2.24, 2.45) is 0 Å². The Bertz CT molecular complexity index is 595. The van der Waals surface area contributed by atoms with Crippen LogP contribution in [0.2, 0.25) is 0 Å². The number of nitrogens with one attached hydrogen (secondary N) is 2. The minimum atomic E-state index is -0.374. The van der Waals surface area contributed by atoms with Gasteiger partial charge in [-0.2, -0.15) is 9.61 Å². The predicted molar refractivity (Wildman–Crippen MR) is 75.7 cm³/mol. The highest BCUT2D eigenvalue weighted by atomic mass is 16.5. The Morgan fingerprint density at radius 2 is 2.30 bits per heavy atom. The molecule has 1 unspecified atom stereocenters. The maximum Gasteiger partial charge on any atom is 0.242 e. The quantitative estimate of drug-likeness (QED) is 0.756. The van der Waals surface area contributed by atoms with Crippen molar-refractivity contribution >= 4 is 17.4 Å². The molecule has 7 nitrogen and oxygen atoms in total. The summed E-state index contributed by atoms with van der Waals surface area (Å²) in [6, 6.07) is 3.49. The number of anilines is 1. The second-order valence-electron chi connectivity index (χ2n) is 4.60. The highest BCUT2D eigenvalue weighted by Crippen LogP contribution is 2.14. The molecule has 2 aromatic heterocycles. The molecule has 7 heteroatoms. The van der Waals surface area contributed by atoms with Crippen molar-refractivity contribution in [2.45, 2.75) is 19.9 Å². The van der Waals surface area contributed by atoms with E-state index in [-0.39, 0.29) is 11.9 Å². The molecular formula is C13H19N5O2. The first-order chi connectivity index (χ1) is 9.61. The molecule has 0 radical (unpaired) electrons. The summed E-state index contributed by atoms with van der Waals surface area (Å²) in [6.07, 6.45) is 1.49. The number of aromatic nitrogens is 3. The lowest BCUT2D eigenvalue weighted by Crippen LogP contribution is -2.39. The summed E-state index contributed by atoms with van der Waals surface area (Å²) in [5.41, 5.74) is 1.81. The van der Waals surface area contributed by atoms with E-state index in [1.807, 2.05) is 19.1 Å². The monoisotopic (exact) mass is 277 g/mol. The number of ether oxygens (including phenoxy) is 1. The first-order valence-corrected chi connectivity index (χ1v) is 6.45. The fourth-order valence-electron chi connectivity index (χ4n) is 1.88. The average molecular weight is 277 g/mol. The van der Waals surface area contributed by atoms with Crippen LogP contribution in [0.15, 0.2) is 18.5 Å². The number of aryl methyl sites for hydroxylation is 1. The van der Waals surface area contributed by atoms with E-state index in [0.29, 0.717) is 13.2 Å². The van der Waals surface area contributed by atoms with E-state index in [4.69, 9.17) is 4.74 Å². The summed E-state index contributed by atoms with van der Waals surface area (Å²) in [6.45, 7) is 4.76. The van der Waals surface area contributed by atoms with Crippen molar-refractivity contribution in [1.82, 2.24) is 19.9 Å². The summed E-state index contributed by atoms with van der Waals surface area (Å²) < 4.78 is 6.57. The predicted octanol–water partition coefficient (Wildman–Crippen LogP) is 0.601. The molecule has 2 aromatic rings. The Kier molecular flexibility index (Phi) is 4.52. The third-order valence-electron chi connectivity index (χ3n) is 2.89. The molecule has 0 saturated carbocycles. The SMILES string of the molecule is COCCNC(=O)C(C)Nc1cc(C)cc2ncnn12. The van der Waals surface area contributed by atoms with Gasteiger partial charge in [0, 0.05) is 13.7 Å². The van der Waals surface area contributed by atoms with Gasteiger partial charge >= 0.3 is 0 Å². The fraction of sp³-hybridized carbons (Fsp3) is 0.462. The minimum Gasteiger partial charge on any atom is -0.383 e. The highest BCUT2D eigenvalue weighted by molar-refractivity contribution is 5.84. The number of pyridine rings is 1. The Morgan fingerprint density at radius 3 is 3.05 bits per heavy atom. The molecule has 0 aromatic carbocycles. The number of carbonyl (C=O) groups excluding carboxylic acids is 1. The molecule has 2 N–H and O–H groups in total. The number of methoxy groups -OCH3 is 1. The molecule has 1 amide bonds. The number of hydrogen-bond acceptors (Lipinski definition) is 5. The van der Waals surface area contributed by atoms with Gasteiger partial charge in [-0.3, -0.25) is 4.79 Å². The Labute approximate surface area is 117 Å². The molecule has 0 spiro atoms. The zero-order valence-electron chi connectivity index (χ0n) is 11.9. The van der Waals surface area contributed by atoms with Gasteiger partial charge in [-0.25, -0.2) is 4.98 Å². The summed E-state index contributed by atoms with van der Waals surface area (Å²) in [7, 11) is 1.60. The van der Waals surface area contributed by atoms with E-state index in [1.54, 1.807) is 18.5 Å². The smallest absolute Gasteiger partial charge is 0.242 e. The van der Waals surface area contributed by atoms with Crippen molar-refractivity contribution < 1.29 is 9.53 Å². The van der Waals surface area contributed by atoms with E-state index in [0.717, 1.165) is 17.0 Å². The first-order valence-electron chi connectivity index (χ1n) is 6.45. The van der Waals surface area contributed by atoms with Crippen LogP contribution in [0.3, 0.4) is 0 Å². The molecule has 2 rings (SSSR count). The van der Waals surface area contributed by atoms with Crippen LogP contribution >= 0.6 is 0 Å². The van der Waals surface area contributed by atoms with Crippen molar-refractivity contribution in [1.29, 1.82) is 0 Å². The van der Waals surface area contributed by atoms with E-state index in [1.165, 1.54) is 6.33 Å². The van der Waals surface area contributed by atoms with Crippen molar-refractivity contribution in [3.05, 3.63) is 24.0 Å². The van der Waals surface area contributed by atoms with Gasteiger partial charge in [0.1, 0.15) is 18.2 Å². The Balaban J connectivity index is 2.07. The topological polar surface area (TPSA) is 80.5 Å². The zero-order chi connectivity index (χ0) is 14.5. The lowest BCUT2D eigenvalue weighted by atomic mass is 10.2. The molecule has 108 valence electrons. The lowest BCUT2D eigenvalue weighted by molar-refractivity contribution is -0.121. The normalized spacial score (nSPS) is 12.3. The van der Waals surface area contributed by atoms with Gasteiger partial charge in [-0.05, 0) is 31.5 Å². The van der Waals surface area contributed by atoms with Crippen LogP contribution in [0.4, 0.5) is 5.82 Å². The summed E-state index contributed by atoms with van der Waals surface area (Å²) in [5, 5.41) is 10.1. The zero-order valence-corrected chi connectivity index (χ0v) is 11.9.